The maximum atomic E-state index is 13.4. The lowest BCUT2D eigenvalue weighted by Crippen LogP contribution is -2.24. The number of carbonyl (C=O) groups excluding carboxylic acids is 2. The molecule has 2 aromatic heterocycles. The van der Waals surface area contributed by atoms with Crippen LogP contribution in [0.1, 0.15) is 105 Å². The predicted molar refractivity (Wildman–Crippen MR) is 178 cm³/mol. The fourth-order valence-corrected chi connectivity index (χ4v) is 8.30. The van der Waals surface area contributed by atoms with Gasteiger partial charge in [-0.25, -0.2) is 0 Å². The summed E-state index contributed by atoms with van der Waals surface area (Å²) < 4.78 is 10.6. The van der Waals surface area contributed by atoms with Crippen LogP contribution in [0.4, 0.5) is 0 Å². The Labute approximate surface area is 271 Å². The summed E-state index contributed by atoms with van der Waals surface area (Å²) in [5, 5.41) is 19.3. The predicted octanol–water partition coefficient (Wildman–Crippen LogP) is 6.00. The van der Waals surface area contributed by atoms with Gasteiger partial charge in [0, 0.05) is 81.6 Å². The number of aromatic amines is 2. The Morgan fingerprint density at radius 1 is 1.00 bits per heavy atom. The first-order valence-corrected chi connectivity index (χ1v) is 16.8. The lowest BCUT2D eigenvalue weighted by molar-refractivity contribution is -0.146. The third-order valence-electron chi connectivity index (χ3n) is 10.9. The lowest BCUT2D eigenvalue weighted by atomic mass is 9.84. The van der Waals surface area contributed by atoms with Crippen molar-refractivity contribution in [2.24, 2.45) is 23.7 Å². The fraction of sp³-hybridized carbons (Fsp3) is 0.514. The van der Waals surface area contributed by atoms with E-state index in [1.807, 2.05) is 13.8 Å². The van der Waals surface area contributed by atoms with E-state index in [-0.39, 0.29) is 30.1 Å². The van der Waals surface area contributed by atoms with Crippen LogP contribution in [0.25, 0.3) is 11.6 Å². The van der Waals surface area contributed by atoms with Gasteiger partial charge in [0.1, 0.15) is 5.92 Å². The standard InChI is InChI=1S/C37H48N4O5/c1-9-21-17(4)24-14-26-19(6)23(12-13-30(42)46-11-3)34(40-26)32-33(37(44)45-8)36(43)31-20(7)27(41-35(31)32)16-29-22(10-2)18(5)25(39-29)15-28(21)38-24/h14-15,19,21,23,33,36,38-41,43H,9-13,16H2,1-8H3/b26-14-,28-15?,34-32-/t19-,21+,23-,33+,36-/m0/s1. The van der Waals surface area contributed by atoms with E-state index in [1.54, 1.807) is 0 Å². The molecule has 2 aromatic rings. The van der Waals surface area contributed by atoms with Crippen molar-refractivity contribution in [3.8, 4) is 0 Å². The van der Waals surface area contributed by atoms with Gasteiger partial charge < -0.3 is 35.2 Å². The van der Waals surface area contributed by atoms with Crippen molar-refractivity contribution in [3.63, 3.8) is 0 Å². The van der Waals surface area contributed by atoms with E-state index in [1.165, 1.54) is 29.5 Å². The third-order valence-corrected chi connectivity index (χ3v) is 10.9. The molecule has 0 spiro atoms. The topological polar surface area (TPSA) is 128 Å². The average molecular weight is 629 g/mol. The summed E-state index contributed by atoms with van der Waals surface area (Å²) >= 11 is 0. The number of aromatic nitrogens is 2. The lowest BCUT2D eigenvalue weighted by Gasteiger charge is -2.21. The monoisotopic (exact) mass is 628 g/mol. The van der Waals surface area contributed by atoms with Crippen molar-refractivity contribution in [3.05, 3.63) is 79.5 Å². The molecule has 8 bridgehead atoms. The normalized spacial score (nSPS) is 27.6. The number of aliphatic hydroxyl groups is 1. The molecule has 9 heteroatoms. The molecule has 0 amide bonds. The maximum absolute atomic E-state index is 13.4. The van der Waals surface area contributed by atoms with Gasteiger partial charge in [-0.15, -0.1) is 0 Å². The highest BCUT2D eigenvalue weighted by Gasteiger charge is 2.48. The molecular weight excluding hydrogens is 580 g/mol. The zero-order valence-corrected chi connectivity index (χ0v) is 28.4. The van der Waals surface area contributed by atoms with Crippen molar-refractivity contribution < 1.29 is 24.2 Å². The fourth-order valence-electron chi connectivity index (χ4n) is 8.30. The SMILES string of the molecule is CCOC(=O)CC[C@@H]1/C2=C3/c4[nH]c(c(C)c4[C@H](O)[C@@H]3C(=O)OC)Cc3[nH]c(c(C)c3CC)C=C3NC(=C(C)[C@H]3CC)/C=C(\N2)[C@H]1C. The molecule has 0 saturated carbocycles. The zero-order chi connectivity index (χ0) is 33.0. The summed E-state index contributed by atoms with van der Waals surface area (Å²) in [5.41, 5.74) is 14.3. The zero-order valence-electron chi connectivity index (χ0n) is 28.4. The van der Waals surface area contributed by atoms with Gasteiger partial charge in [0.25, 0.3) is 0 Å². The second-order valence-electron chi connectivity index (χ2n) is 13.2. The van der Waals surface area contributed by atoms with E-state index in [9.17, 15) is 14.7 Å². The summed E-state index contributed by atoms with van der Waals surface area (Å²) in [6, 6.07) is 0. The number of hydrogen-bond donors (Lipinski definition) is 5. The average Bonchev–Trinajstić information content (AvgIpc) is 3.77. The van der Waals surface area contributed by atoms with Gasteiger partial charge in [-0.2, -0.15) is 0 Å². The molecular formula is C37H48N4O5. The molecule has 9 nitrogen and oxygen atoms in total. The molecule has 5 atom stereocenters. The van der Waals surface area contributed by atoms with E-state index in [2.05, 4.69) is 67.4 Å². The molecule has 0 unspecified atom stereocenters. The largest absolute Gasteiger partial charge is 0.468 e. The summed E-state index contributed by atoms with van der Waals surface area (Å²) in [4.78, 5) is 33.4. The Hall–Kier alpha value is -3.98. The first-order chi connectivity index (χ1) is 22.0. The number of fused-ring (bicyclic) bond motifs is 7. The second-order valence-corrected chi connectivity index (χ2v) is 13.2. The third kappa shape index (κ3) is 5.03. The highest BCUT2D eigenvalue weighted by molar-refractivity contribution is 5.94. The number of methoxy groups -OCH3 is 1. The number of H-pyrrole nitrogens is 2. The summed E-state index contributed by atoms with van der Waals surface area (Å²) in [7, 11) is 1.36. The van der Waals surface area contributed by atoms with Crippen LogP contribution in [0.5, 0.6) is 0 Å². The number of nitrogens with one attached hydrogen (secondary N) is 4. The smallest absolute Gasteiger partial charge is 0.316 e. The van der Waals surface area contributed by atoms with Crippen LogP contribution in [0.2, 0.25) is 0 Å². The minimum absolute atomic E-state index is 0.0118. The molecule has 1 saturated heterocycles. The molecule has 0 radical (unpaired) electrons. The van der Waals surface area contributed by atoms with E-state index in [0.29, 0.717) is 19.4 Å². The highest BCUT2D eigenvalue weighted by atomic mass is 16.5. The van der Waals surface area contributed by atoms with E-state index >= 15 is 0 Å². The van der Waals surface area contributed by atoms with Crippen LogP contribution >= 0.6 is 0 Å². The number of hydrogen-bond acceptors (Lipinski definition) is 7. The van der Waals surface area contributed by atoms with Crippen molar-refractivity contribution in [2.45, 2.75) is 86.7 Å². The van der Waals surface area contributed by atoms with Crippen molar-refractivity contribution in [1.82, 2.24) is 20.6 Å². The molecule has 1 fully saturated rings. The molecule has 5 N–H and O–H groups in total. The number of esters is 2. The molecule has 246 valence electrons. The summed E-state index contributed by atoms with van der Waals surface area (Å²) in [5.74, 6) is -1.46. The van der Waals surface area contributed by atoms with Gasteiger partial charge in [0.2, 0.25) is 0 Å². The van der Waals surface area contributed by atoms with Gasteiger partial charge >= 0.3 is 11.9 Å². The summed E-state index contributed by atoms with van der Waals surface area (Å²) in [6.45, 7) is 15.1. The molecule has 46 heavy (non-hydrogen) atoms. The quantitative estimate of drug-likeness (QED) is 0.238. The van der Waals surface area contributed by atoms with Crippen LogP contribution in [0.15, 0.2) is 34.4 Å². The van der Waals surface area contributed by atoms with Crippen LogP contribution in [0.3, 0.4) is 0 Å². The van der Waals surface area contributed by atoms with Gasteiger partial charge in [-0.1, -0.05) is 20.8 Å². The molecule has 5 heterocycles. The number of allylic oxidation sites excluding steroid dienone is 4. The maximum Gasteiger partial charge on any atom is 0.316 e. The first kappa shape index (κ1) is 32.0. The molecule has 0 aromatic carbocycles. The molecule has 6 rings (SSSR count). The minimum Gasteiger partial charge on any atom is -0.468 e. The first-order valence-electron chi connectivity index (χ1n) is 16.8. The molecule has 4 aliphatic rings. The van der Waals surface area contributed by atoms with Gasteiger partial charge in [0.05, 0.1) is 25.5 Å². The van der Waals surface area contributed by atoms with E-state index in [4.69, 9.17) is 9.47 Å². The number of ether oxygens (including phenoxy) is 2. The Morgan fingerprint density at radius 2 is 1.76 bits per heavy atom. The highest BCUT2D eigenvalue weighted by Crippen LogP contribution is 2.52. The van der Waals surface area contributed by atoms with Gasteiger partial charge in [-0.3, -0.25) is 9.59 Å². The Bertz CT molecular complexity index is 1720. The van der Waals surface area contributed by atoms with Crippen LogP contribution in [0, 0.1) is 37.5 Å². The van der Waals surface area contributed by atoms with Gasteiger partial charge in [0.15, 0.2) is 0 Å². The Morgan fingerprint density at radius 3 is 2.43 bits per heavy atom. The van der Waals surface area contributed by atoms with Crippen LogP contribution < -0.4 is 10.6 Å². The number of rotatable bonds is 7. The number of carbonyl (C=O) groups is 2. The van der Waals surface area contributed by atoms with E-state index in [0.717, 1.165) is 69.4 Å². The van der Waals surface area contributed by atoms with Crippen molar-refractivity contribution in [1.29, 1.82) is 0 Å². The van der Waals surface area contributed by atoms with Gasteiger partial charge in [-0.05, 0) is 81.4 Å². The minimum atomic E-state index is -1.06. The Kier molecular flexibility index (Phi) is 8.57. The Balaban J connectivity index is 1.61. The molecule has 1 aliphatic carbocycles. The van der Waals surface area contributed by atoms with E-state index < -0.39 is 18.0 Å². The van der Waals surface area contributed by atoms with Crippen molar-refractivity contribution >= 4 is 23.6 Å². The van der Waals surface area contributed by atoms with Crippen LogP contribution in [-0.4, -0.2) is 40.7 Å². The van der Waals surface area contributed by atoms with Crippen LogP contribution in [-0.2, 0) is 31.9 Å². The molecule has 3 aliphatic heterocycles. The summed E-state index contributed by atoms with van der Waals surface area (Å²) in [6.07, 6.45) is 6.69. The van der Waals surface area contributed by atoms with Crippen molar-refractivity contribution in [2.75, 3.05) is 13.7 Å². The number of aliphatic hydroxyl groups excluding tert-OH is 1. The second kappa shape index (κ2) is 12.3.